The van der Waals surface area contributed by atoms with Crippen LogP contribution in [-0.4, -0.2) is 10.3 Å². The number of para-hydroxylation sites is 2. The first-order valence-corrected chi connectivity index (χ1v) is 16.3. The van der Waals surface area contributed by atoms with E-state index in [0.29, 0.717) is 5.82 Å². The first-order valence-electron chi connectivity index (χ1n) is 16.3. The van der Waals surface area contributed by atoms with Gasteiger partial charge in [-0.3, -0.25) is 4.57 Å². The maximum absolute atomic E-state index is 6.51. The Hall–Kier alpha value is -6.65. The van der Waals surface area contributed by atoms with Gasteiger partial charge in [-0.2, -0.15) is 0 Å². The summed E-state index contributed by atoms with van der Waals surface area (Å²) in [6, 6.07) is 48.3. The molecule has 0 unspecified atom stereocenters. The molecule has 4 heteroatoms. The first-order chi connectivity index (χ1) is 24.1. The second-order valence-electron chi connectivity index (χ2n) is 12.5. The molecule has 0 spiro atoms. The molecule has 0 atom stereocenters. The van der Waals surface area contributed by atoms with Gasteiger partial charge in [0.1, 0.15) is 28.2 Å². The SMILES string of the molecule is C=Cc1ccccc1C(=NC(=C)n1c2ccccc2c2cc3ccccc3cc21)c1ccc2c(c1)oc1cc3oc4ccccc4c3cc12. The number of furan rings is 2. The van der Waals surface area contributed by atoms with Gasteiger partial charge in [0, 0.05) is 49.5 Å². The molecule has 0 N–H and O–H groups in total. The summed E-state index contributed by atoms with van der Waals surface area (Å²) in [4.78, 5) is 5.36. The Morgan fingerprint density at radius 3 is 2.02 bits per heavy atom. The highest BCUT2D eigenvalue weighted by Crippen LogP contribution is 2.38. The summed E-state index contributed by atoms with van der Waals surface area (Å²) in [6.07, 6.45) is 1.87. The van der Waals surface area contributed by atoms with Crippen LogP contribution in [0.15, 0.2) is 167 Å². The standard InChI is InChI=1S/C45H28N2O2/c1-3-28-12-6-7-15-32(28)45(46-27(2)47-39-18-10-8-16-33(39)36-22-29-13-4-5-14-30(29)23-40(36)47)31-20-21-35-38-25-37-34-17-9-11-19-41(34)48-43(37)26-44(38)49-42(35)24-31/h3-26H,1-2H2. The number of hydrogen-bond donors (Lipinski definition) is 0. The Kier molecular flexibility index (Phi) is 5.84. The fourth-order valence-corrected chi connectivity index (χ4v) is 7.43. The van der Waals surface area contributed by atoms with Crippen LogP contribution >= 0.6 is 0 Å². The second kappa shape index (κ2) is 10.4. The highest BCUT2D eigenvalue weighted by Gasteiger charge is 2.19. The van der Waals surface area contributed by atoms with E-state index in [-0.39, 0.29) is 0 Å². The van der Waals surface area contributed by atoms with Gasteiger partial charge in [0.2, 0.25) is 0 Å². The predicted molar refractivity (Wildman–Crippen MR) is 205 cm³/mol. The van der Waals surface area contributed by atoms with Gasteiger partial charge in [0.15, 0.2) is 0 Å². The summed E-state index contributed by atoms with van der Waals surface area (Å²) < 4.78 is 14.8. The predicted octanol–water partition coefficient (Wildman–Crippen LogP) is 12.4. The van der Waals surface area contributed by atoms with Crippen LogP contribution in [0.1, 0.15) is 16.7 Å². The number of aromatic nitrogens is 1. The van der Waals surface area contributed by atoms with Gasteiger partial charge in [-0.1, -0.05) is 110 Å². The van der Waals surface area contributed by atoms with Crippen LogP contribution in [-0.2, 0) is 0 Å². The van der Waals surface area contributed by atoms with Crippen LogP contribution in [0.3, 0.4) is 0 Å². The fraction of sp³-hybridized carbons (Fsp3) is 0. The number of rotatable bonds is 5. The average Bonchev–Trinajstić information content (AvgIpc) is 3.80. The molecule has 0 radical (unpaired) electrons. The summed E-state index contributed by atoms with van der Waals surface area (Å²) in [7, 11) is 0. The molecule has 0 aliphatic rings. The van der Waals surface area contributed by atoms with Gasteiger partial charge in [-0.05, 0) is 58.8 Å². The molecule has 4 nitrogen and oxygen atoms in total. The number of hydrogen-bond acceptors (Lipinski definition) is 3. The number of nitrogens with zero attached hydrogens (tertiary/aromatic N) is 2. The molecule has 230 valence electrons. The lowest BCUT2D eigenvalue weighted by Crippen LogP contribution is -2.07. The van der Waals surface area contributed by atoms with Crippen molar-refractivity contribution in [3.63, 3.8) is 0 Å². The molecule has 0 saturated carbocycles. The third-order valence-corrected chi connectivity index (χ3v) is 9.72. The first kappa shape index (κ1) is 27.5. The minimum Gasteiger partial charge on any atom is -0.456 e. The minimum absolute atomic E-state index is 0.618. The summed E-state index contributed by atoms with van der Waals surface area (Å²) in [5.74, 6) is 0.618. The van der Waals surface area contributed by atoms with Crippen LogP contribution in [0.5, 0.6) is 0 Å². The van der Waals surface area contributed by atoms with E-state index in [4.69, 9.17) is 13.8 Å². The molecule has 49 heavy (non-hydrogen) atoms. The molecule has 3 aromatic heterocycles. The fourth-order valence-electron chi connectivity index (χ4n) is 7.43. The Morgan fingerprint density at radius 1 is 0.531 bits per heavy atom. The smallest absolute Gasteiger partial charge is 0.139 e. The van der Waals surface area contributed by atoms with E-state index in [0.717, 1.165) is 82.7 Å². The zero-order chi connectivity index (χ0) is 32.6. The van der Waals surface area contributed by atoms with E-state index >= 15 is 0 Å². The molecule has 0 aliphatic carbocycles. The van der Waals surface area contributed by atoms with Crippen molar-refractivity contribution in [3.05, 3.63) is 169 Å². The molecule has 0 aliphatic heterocycles. The summed E-state index contributed by atoms with van der Waals surface area (Å²) >= 11 is 0. The van der Waals surface area contributed by atoms with Crippen LogP contribution in [0.4, 0.5) is 0 Å². The Bertz CT molecular complexity index is 3040. The molecular weight excluding hydrogens is 601 g/mol. The van der Waals surface area contributed by atoms with E-state index in [2.05, 4.69) is 121 Å². The van der Waals surface area contributed by atoms with E-state index in [9.17, 15) is 0 Å². The molecule has 0 saturated heterocycles. The molecule has 3 heterocycles. The van der Waals surface area contributed by atoms with Gasteiger partial charge in [0.05, 0.1) is 16.7 Å². The second-order valence-corrected chi connectivity index (χ2v) is 12.5. The van der Waals surface area contributed by atoms with Crippen LogP contribution in [0.2, 0.25) is 0 Å². The molecule has 10 rings (SSSR count). The monoisotopic (exact) mass is 628 g/mol. The van der Waals surface area contributed by atoms with Crippen LogP contribution in [0.25, 0.3) is 88.4 Å². The topological polar surface area (TPSA) is 43.6 Å². The Balaban J connectivity index is 1.19. The van der Waals surface area contributed by atoms with Gasteiger partial charge in [0.25, 0.3) is 0 Å². The van der Waals surface area contributed by atoms with Crippen molar-refractivity contribution < 1.29 is 8.83 Å². The van der Waals surface area contributed by atoms with Crippen molar-refractivity contribution in [2.45, 2.75) is 0 Å². The van der Waals surface area contributed by atoms with Crippen molar-refractivity contribution in [1.29, 1.82) is 0 Å². The third-order valence-electron chi connectivity index (χ3n) is 9.72. The van der Waals surface area contributed by atoms with E-state index in [1.807, 2.05) is 42.5 Å². The van der Waals surface area contributed by atoms with Crippen molar-refractivity contribution >= 4 is 94.1 Å². The zero-order valence-corrected chi connectivity index (χ0v) is 26.5. The molecule has 0 amide bonds. The number of fused-ring (bicyclic) bond motifs is 10. The Labute approximate surface area is 281 Å². The maximum atomic E-state index is 6.51. The average molecular weight is 629 g/mol. The molecule has 10 aromatic rings. The summed E-state index contributed by atoms with van der Waals surface area (Å²) in [5, 5.41) is 8.96. The summed E-state index contributed by atoms with van der Waals surface area (Å²) in [5.41, 5.74) is 9.02. The van der Waals surface area contributed by atoms with Crippen LogP contribution in [0, 0.1) is 0 Å². The highest BCUT2D eigenvalue weighted by molar-refractivity contribution is 6.20. The van der Waals surface area contributed by atoms with Crippen molar-refractivity contribution in [1.82, 2.24) is 4.57 Å². The lowest BCUT2D eigenvalue weighted by atomic mass is 9.96. The Morgan fingerprint density at radius 2 is 1.18 bits per heavy atom. The van der Waals surface area contributed by atoms with Gasteiger partial charge >= 0.3 is 0 Å². The largest absolute Gasteiger partial charge is 0.456 e. The lowest BCUT2D eigenvalue weighted by molar-refractivity contribution is 0.656. The van der Waals surface area contributed by atoms with E-state index in [1.165, 1.54) is 16.2 Å². The molecule has 7 aromatic carbocycles. The van der Waals surface area contributed by atoms with Gasteiger partial charge in [-0.25, -0.2) is 4.99 Å². The van der Waals surface area contributed by atoms with Crippen LogP contribution < -0.4 is 0 Å². The summed E-state index contributed by atoms with van der Waals surface area (Å²) in [6.45, 7) is 8.71. The molecule has 0 bridgehead atoms. The number of aliphatic imine (C=N–C) groups is 1. The molecule has 0 fully saturated rings. The quantitative estimate of drug-likeness (QED) is 0.178. The maximum Gasteiger partial charge on any atom is 0.139 e. The highest BCUT2D eigenvalue weighted by atomic mass is 16.3. The minimum atomic E-state index is 0.618. The van der Waals surface area contributed by atoms with Gasteiger partial charge in [-0.15, -0.1) is 0 Å². The van der Waals surface area contributed by atoms with Gasteiger partial charge < -0.3 is 8.83 Å². The number of benzene rings is 7. The zero-order valence-electron chi connectivity index (χ0n) is 26.5. The third kappa shape index (κ3) is 4.14. The van der Waals surface area contributed by atoms with E-state index in [1.54, 1.807) is 0 Å². The lowest BCUT2D eigenvalue weighted by Gasteiger charge is -2.14. The van der Waals surface area contributed by atoms with Crippen molar-refractivity contribution in [2.24, 2.45) is 4.99 Å². The van der Waals surface area contributed by atoms with E-state index < -0.39 is 0 Å². The normalized spacial score (nSPS) is 12.4. The van der Waals surface area contributed by atoms with Crippen molar-refractivity contribution in [3.8, 4) is 0 Å². The van der Waals surface area contributed by atoms with Crippen molar-refractivity contribution in [2.75, 3.05) is 0 Å². The molecular formula is C45H28N2O2.